The standard InChI is InChI=1S/C15H19N3O3/c1-10-7-14(16-9-15(2,3)21-4)12-8-11(18(19)20)5-6-13(12)17-10/h5-8H,9H2,1-4H3,(H,16,17). The third kappa shape index (κ3) is 3.46. The molecule has 0 aliphatic rings. The summed E-state index contributed by atoms with van der Waals surface area (Å²) in [6, 6.07) is 6.58. The highest BCUT2D eigenvalue weighted by Gasteiger charge is 2.17. The Morgan fingerprint density at radius 2 is 2.10 bits per heavy atom. The van der Waals surface area contributed by atoms with Crippen molar-refractivity contribution in [2.45, 2.75) is 26.4 Å². The molecule has 1 N–H and O–H groups in total. The number of methoxy groups -OCH3 is 1. The fourth-order valence-electron chi connectivity index (χ4n) is 1.99. The minimum absolute atomic E-state index is 0.0576. The Bertz CT molecular complexity index is 683. The van der Waals surface area contributed by atoms with Gasteiger partial charge in [-0.25, -0.2) is 0 Å². The molecule has 0 aliphatic carbocycles. The van der Waals surface area contributed by atoms with Gasteiger partial charge in [-0.15, -0.1) is 0 Å². The second-order valence-corrected chi connectivity index (χ2v) is 5.59. The summed E-state index contributed by atoms with van der Waals surface area (Å²) < 4.78 is 5.38. The number of non-ortho nitro benzene ring substituents is 1. The van der Waals surface area contributed by atoms with Crippen molar-refractivity contribution >= 4 is 22.3 Å². The number of nitrogens with zero attached hydrogens (tertiary/aromatic N) is 2. The number of pyridine rings is 1. The first-order valence-electron chi connectivity index (χ1n) is 6.67. The summed E-state index contributed by atoms with van der Waals surface area (Å²) in [7, 11) is 1.66. The number of nitro benzene ring substituents is 1. The molecule has 6 heteroatoms. The highest BCUT2D eigenvalue weighted by Crippen LogP contribution is 2.27. The van der Waals surface area contributed by atoms with Crippen molar-refractivity contribution in [3.63, 3.8) is 0 Å². The summed E-state index contributed by atoms with van der Waals surface area (Å²) in [5.41, 5.74) is 2.14. The molecule has 6 nitrogen and oxygen atoms in total. The molecule has 1 heterocycles. The second kappa shape index (κ2) is 5.65. The van der Waals surface area contributed by atoms with Gasteiger partial charge in [0, 0.05) is 42.6 Å². The zero-order chi connectivity index (χ0) is 15.6. The lowest BCUT2D eigenvalue weighted by atomic mass is 10.1. The van der Waals surface area contributed by atoms with E-state index in [1.54, 1.807) is 19.2 Å². The Labute approximate surface area is 123 Å². The zero-order valence-corrected chi connectivity index (χ0v) is 12.6. The van der Waals surface area contributed by atoms with Gasteiger partial charge in [-0.05, 0) is 32.9 Å². The molecule has 1 aromatic carbocycles. The lowest BCUT2D eigenvalue weighted by Gasteiger charge is -2.24. The second-order valence-electron chi connectivity index (χ2n) is 5.59. The Morgan fingerprint density at radius 3 is 2.71 bits per heavy atom. The van der Waals surface area contributed by atoms with E-state index < -0.39 is 4.92 Å². The van der Waals surface area contributed by atoms with Crippen LogP contribution in [0.15, 0.2) is 24.3 Å². The van der Waals surface area contributed by atoms with Gasteiger partial charge in [-0.2, -0.15) is 0 Å². The minimum atomic E-state index is -0.401. The quantitative estimate of drug-likeness (QED) is 0.675. The number of ether oxygens (including phenoxy) is 1. The molecule has 0 aliphatic heterocycles. The van der Waals surface area contributed by atoms with Crippen LogP contribution in [0.5, 0.6) is 0 Å². The van der Waals surface area contributed by atoms with Gasteiger partial charge in [0.1, 0.15) is 0 Å². The molecule has 0 unspecified atom stereocenters. The summed E-state index contributed by atoms with van der Waals surface area (Å²) in [4.78, 5) is 14.9. The zero-order valence-electron chi connectivity index (χ0n) is 12.6. The molecule has 0 saturated heterocycles. The molecule has 0 spiro atoms. The summed E-state index contributed by atoms with van der Waals surface area (Å²) in [6.07, 6.45) is 0. The van der Waals surface area contributed by atoms with Crippen LogP contribution in [0.2, 0.25) is 0 Å². The number of hydrogen-bond acceptors (Lipinski definition) is 5. The molecule has 0 bridgehead atoms. The summed E-state index contributed by atoms with van der Waals surface area (Å²) in [5.74, 6) is 0. The summed E-state index contributed by atoms with van der Waals surface area (Å²) >= 11 is 0. The maximum absolute atomic E-state index is 10.9. The van der Waals surface area contributed by atoms with Crippen molar-refractivity contribution in [2.75, 3.05) is 19.0 Å². The van der Waals surface area contributed by atoms with E-state index in [4.69, 9.17) is 4.74 Å². The summed E-state index contributed by atoms with van der Waals surface area (Å²) in [5, 5.41) is 15.0. The molecule has 21 heavy (non-hydrogen) atoms. The van der Waals surface area contributed by atoms with Gasteiger partial charge in [0.2, 0.25) is 0 Å². The topological polar surface area (TPSA) is 77.3 Å². The van der Waals surface area contributed by atoms with E-state index in [1.165, 1.54) is 6.07 Å². The average molecular weight is 289 g/mol. The van der Waals surface area contributed by atoms with Gasteiger partial charge in [-0.1, -0.05) is 0 Å². The van der Waals surface area contributed by atoms with E-state index in [-0.39, 0.29) is 11.3 Å². The van der Waals surface area contributed by atoms with Crippen LogP contribution in [0.3, 0.4) is 0 Å². The molecular weight excluding hydrogens is 270 g/mol. The number of nitrogens with one attached hydrogen (secondary N) is 1. The largest absolute Gasteiger partial charge is 0.382 e. The predicted octanol–water partition coefficient (Wildman–Crippen LogP) is 3.29. The Hall–Kier alpha value is -2.21. The van der Waals surface area contributed by atoms with Gasteiger partial charge < -0.3 is 10.1 Å². The van der Waals surface area contributed by atoms with E-state index in [1.807, 2.05) is 26.8 Å². The third-order valence-corrected chi connectivity index (χ3v) is 3.39. The van der Waals surface area contributed by atoms with Gasteiger partial charge in [0.25, 0.3) is 5.69 Å². The molecule has 0 saturated carbocycles. The number of benzene rings is 1. The number of hydrogen-bond donors (Lipinski definition) is 1. The highest BCUT2D eigenvalue weighted by atomic mass is 16.6. The smallest absolute Gasteiger partial charge is 0.270 e. The van der Waals surface area contributed by atoms with Crippen LogP contribution in [-0.2, 0) is 4.74 Å². The molecule has 2 aromatic rings. The molecule has 0 atom stereocenters. The molecule has 0 fully saturated rings. The van der Waals surface area contributed by atoms with E-state index in [9.17, 15) is 10.1 Å². The fourth-order valence-corrected chi connectivity index (χ4v) is 1.99. The Morgan fingerprint density at radius 1 is 1.38 bits per heavy atom. The minimum Gasteiger partial charge on any atom is -0.382 e. The molecular formula is C15H19N3O3. The van der Waals surface area contributed by atoms with Gasteiger partial charge in [0.05, 0.1) is 16.0 Å². The monoisotopic (exact) mass is 289 g/mol. The average Bonchev–Trinajstić information content (AvgIpc) is 2.44. The molecule has 0 radical (unpaired) electrons. The van der Waals surface area contributed by atoms with E-state index in [0.29, 0.717) is 6.54 Å². The van der Waals surface area contributed by atoms with E-state index >= 15 is 0 Å². The fraction of sp³-hybridized carbons (Fsp3) is 0.400. The van der Waals surface area contributed by atoms with Gasteiger partial charge in [0.15, 0.2) is 0 Å². The number of fused-ring (bicyclic) bond motifs is 1. The van der Waals surface area contributed by atoms with Crippen LogP contribution in [0.4, 0.5) is 11.4 Å². The van der Waals surface area contributed by atoms with Crippen LogP contribution in [0.25, 0.3) is 10.9 Å². The van der Waals surface area contributed by atoms with Crippen LogP contribution in [0.1, 0.15) is 19.5 Å². The van der Waals surface area contributed by atoms with Crippen molar-refractivity contribution in [3.8, 4) is 0 Å². The van der Waals surface area contributed by atoms with Crippen LogP contribution in [-0.4, -0.2) is 29.2 Å². The van der Waals surface area contributed by atoms with Crippen molar-refractivity contribution in [1.29, 1.82) is 0 Å². The lowest BCUT2D eigenvalue weighted by molar-refractivity contribution is -0.384. The molecule has 2 rings (SSSR count). The third-order valence-electron chi connectivity index (χ3n) is 3.39. The van der Waals surface area contributed by atoms with E-state index in [0.717, 1.165) is 22.3 Å². The van der Waals surface area contributed by atoms with Crippen LogP contribution >= 0.6 is 0 Å². The molecule has 1 aromatic heterocycles. The first kappa shape index (κ1) is 15.2. The predicted molar refractivity (Wildman–Crippen MR) is 82.7 cm³/mol. The maximum atomic E-state index is 10.9. The Balaban J connectivity index is 2.45. The van der Waals surface area contributed by atoms with Crippen molar-refractivity contribution in [2.24, 2.45) is 0 Å². The number of anilines is 1. The first-order valence-corrected chi connectivity index (χ1v) is 6.67. The number of aryl methyl sites for hydroxylation is 1. The number of aromatic nitrogens is 1. The van der Waals surface area contributed by atoms with Crippen molar-refractivity contribution in [1.82, 2.24) is 4.98 Å². The van der Waals surface area contributed by atoms with Crippen molar-refractivity contribution in [3.05, 3.63) is 40.1 Å². The van der Waals surface area contributed by atoms with Crippen LogP contribution < -0.4 is 5.32 Å². The Kier molecular flexibility index (Phi) is 4.09. The normalized spacial score (nSPS) is 11.6. The van der Waals surface area contributed by atoms with Gasteiger partial charge >= 0.3 is 0 Å². The number of nitro groups is 1. The summed E-state index contributed by atoms with van der Waals surface area (Å²) in [6.45, 7) is 6.43. The molecule has 0 amide bonds. The molecule has 112 valence electrons. The van der Waals surface area contributed by atoms with E-state index in [2.05, 4.69) is 10.3 Å². The first-order chi connectivity index (χ1) is 9.82. The highest BCUT2D eigenvalue weighted by molar-refractivity contribution is 5.93. The van der Waals surface area contributed by atoms with Crippen molar-refractivity contribution < 1.29 is 9.66 Å². The lowest BCUT2D eigenvalue weighted by Crippen LogP contribution is -2.32. The van der Waals surface area contributed by atoms with Crippen LogP contribution in [0, 0.1) is 17.0 Å². The van der Waals surface area contributed by atoms with Gasteiger partial charge in [-0.3, -0.25) is 15.1 Å². The maximum Gasteiger partial charge on any atom is 0.270 e. The number of rotatable bonds is 5. The SMILES string of the molecule is COC(C)(C)CNc1cc(C)nc2ccc([N+](=O)[O-])cc12.